The van der Waals surface area contributed by atoms with Gasteiger partial charge >= 0.3 is 6.29 Å². The van der Waals surface area contributed by atoms with E-state index >= 15 is 0 Å². The van der Waals surface area contributed by atoms with Gasteiger partial charge in [-0.15, -0.1) is 8.78 Å². The smallest absolute Gasteiger partial charge is 0.496 e. The van der Waals surface area contributed by atoms with Crippen molar-refractivity contribution in [3.63, 3.8) is 0 Å². The summed E-state index contributed by atoms with van der Waals surface area (Å²) in [6.45, 7) is 6.10. The number of methoxy groups -OCH3 is 1. The van der Waals surface area contributed by atoms with E-state index in [4.69, 9.17) is 4.74 Å². The number of ketones is 1. The number of benzene rings is 3. The molecule has 3 aromatic carbocycles. The van der Waals surface area contributed by atoms with Crippen LogP contribution in [0.15, 0.2) is 48.5 Å². The third kappa shape index (κ3) is 3.81. The summed E-state index contributed by atoms with van der Waals surface area (Å²) in [6, 6.07) is 15.0. The number of Topliss-reactive ketones (excluding diaryl/α,β-unsaturated/α-hetero) is 1. The summed E-state index contributed by atoms with van der Waals surface area (Å²) in [5, 5.41) is 0. The summed E-state index contributed by atoms with van der Waals surface area (Å²) < 4.78 is 41.4. The highest BCUT2D eigenvalue weighted by Crippen LogP contribution is 2.52. The molecule has 0 radical (unpaired) electrons. The zero-order valence-corrected chi connectivity index (χ0v) is 19.6. The third-order valence-electron chi connectivity index (χ3n) is 6.88. The van der Waals surface area contributed by atoms with Crippen LogP contribution in [-0.2, 0) is 16.6 Å². The lowest BCUT2D eigenvalue weighted by atomic mass is 9.86. The Morgan fingerprint density at radius 2 is 1.59 bits per heavy atom. The number of rotatable bonds is 6. The van der Waals surface area contributed by atoms with E-state index in [-0.39, 0.29) is 23.7 Å². The van der Waals surface area contributed by atoms with Gasteiger partial charge in [-0.3, -0.25) is 4.79 Å². The van der Waals surface area contributed by atoms with Gasteiger partial charge in [-0.1, -0.05) is 24.3 Å². The summed E-state index contributed by atoms with van der Waals surface area (Å²) in [6.07, 6.45) is -2.01. The van der Waals surface area contributed by atoms with Gasteiger partial charge < -0.3 is 14.2 Å². The molecule has 1 aliphatic carbocycles. The maximum absolute atomic E-state index is 13.4. The number of carbonyl (C=O) groups excluding carboxylic acids is 1. The molecule has 0 atom stereocenters. The molecule has 34 heavy (non-hydrogen) atoms. The van der Waals surface area contributed by atoms with Crippen molar-refractivity contribution in [2.75, 3.05) is 7.11 Å². The molecule has 4 nitrogen and oxygen atoms in total. The van der Waals surface area contributed by atoms with E-state index in [9.17, 15) is 13.6 Å². The first-order chi connectivity index (χ1) is 16.1. The Morgan fingerprint density at radius 1 is 0.912 bits per heavy atom. The summed E-state index contributed by atoms with van der Waals surface area (Å²) in [4.78, 5) is 13.4. The maximum Gasteiger partial charge on any atom is 0.586 e. The summed E-state index contributed by atoms with van der Waals surface area (Å²) in [5.74, 6) is 0.926. The predicted molar refractivity (Wildman–Crippen MR) is 125 cm³/mol. The van der Waals surface area contributed by atoms with Gasteiger partial charge in [-0.25, -0.2) is 0 Å². The molecule has 0 saturated heterocycles. The van der Waals surface area contributed by atoms with Gasteiger partial charge in [0.2, 0.25) is 0 Å². The van der Waals surface area contributed by atoms with Gasteiger partial charge in [0, 0.05) is 6.42 Å². The first-order valence-corrected chi connectivity index (χ1v) is 11.3. The van der Waals surface area contributed by atoms with Gasteiger partial charge in [0.1, 0.15) is 11.5 Å². The molecule has 1 fully saturated rings. The summed E-state index contributed by atoms with van der Waals surface area (Å²) in [5.41, 5.74) is 6.37. The molecule has 6 heteroatoms. The lowest BCUT2D eigenvalue weighted by Gasteiger charge is -2.17. The van der Waals surface area contributed by atoms with E-state index < -0.39 is 11.7 Å². The first kappa shape index (κ1) is 22.4. The van der Waals surface area contributed by atoms with Crippen molar-refractivity contribution in [1.82, 2.24) is 0 Å². The number of hydrogen-bond acceptors (Lipinski definition) is 4. The highest BCUT2D eigenvalue weighted by molar-refractivity contribution is 5.95. The predicted octanol–water partition coefficient (Wildman–Crippen LogP) is 6.45. The minimum atomic E-state index is -3.67. The van der Waals surface area contributed by atoms with Gasteiger partial charge in [0.25, 0.3) is 0 Å². The quantitative estimate of drug-likeness (QED) is 0.420. The molecule has 0 bridgehead atoms. The molecule has 0 aromatic heterocycles. The van der Waals surface area contributed by atoms with Gasteiger partial charge in [-0.2, -0.15) is 0 Å². The Kier molecular flexibility index (Phi) is 5.15. The second-order valence-electron chi connectivity index (χ2n) is 9.30. The minimum Gasteiger partial charge on any atom is -0.496 e. The fourth-order valence-electron chi connectivity index (χ4n) is 4.97. The molecule has 3 aromatic rings. The van der Waals surface area contributed by atoms with Crippen molar-refractivity contribution in [1.29, 1.82) is 0 Å². The Balaban J connectivity index is 1.41. The van der Waals surface area contributed by atoms with Crippen LogP contribution in [0.1, 0.15) is 40.7 Å². The number of alkyl halides is 2. The second kappa shape index (κ2) is 7.83. The van der Waals surface area contributed by atoms with Gasteiger partial charge in [0.15, 0.2) is 11.5 Å². The van der Waals surface area contributed by atoms with Crippen molar-refractivity contribution in [3.8, 4) is 28.4 Å². The van der Waals surface area contributed by atoms with Crippen molar-refractivity contribution < 1.29 is 27.8 Å². The van der Waals surface area contributed by atoms with Crippen molar-refractivity contribution in [3.05, 3.63) is 76.3 Å². The Morgan fingerprint density at radius 3 is 2.24 bits per heavy atom. The molecule has 176 valence electrons. The largest absolute Gasteiger partial charge is 0.586 e. The maximum atomic E-state index is 13.4. The zero-order chi connectivity index (χ0) is 24.3. The lowest BCUT2D eigenvalue weighted by Crippen LogP contribution is -2.26. The van der Waals surface area contributed by atoms with Crippen molar-refractivity contribution in [2.45, 2.75) is 51.7 Å². The molecule has 0 amide bonds. The van der Waals surface area contributed by atoms with Crippen LogP contribution in [0.25, 0.3) is 11.1 Å². The highest BCUT2D eigenvalue weighted by atomic mass is 19.3. The monoisotopic (exact) mass is 464 g/mol. The average molecular weight is 465 g/mol. The number of halogens is 2. The minimum absolute atomic E-state index is 0.00902. The van der Waals surface area contributed by atoms with Crippen LogP contribution in [0.3, 0.4) is 0 Å². The topological polar surface area (TPSA) is 44.8 Å². The van der Waals surface area contributed by atoms with Crippen LogP contribution in [0.4, 0.5) is 8.78 Å². The van der Waals surface area contributed by atoms with E-state index in [1.807, 2.05) is 26.0 Å². The second-order valence-corrected chi connectivity index (χ2v) is 9.30. The molecular formula is C28H26F2O4. The molecule has 0 N–H and O–H groups in total. The Bertz CT molecular complexity index is 1280. The molecule has 1 aliphatic heterocycles. The Hall–Kier alpha value is -3.41. The molecular weight excluding hydrogens is 438 g/mol. The van der Waals surface area contributed by atoms with Crippen LogP contribution in [0.2, 0.25) is 0 Å². The number of carbonyl (C=O) groups is 1. The van der Waals surface area contributed by atoms with E-state index in [0.29, 0.717) is 18.4 Å². The van der Waals surface area contributed by atoms with Gasteiger partial charge in [0.05, 0.1) is 12.5 Å². The van der Waals surface area contributed by atoms with E-state index in [1.165, 1.54) is 12.1 Å². The van der Waals surface area contributed by atoms with Crippen molar-refractivity contribution >= 4 is 5.78 Å². The molecule has 0 spiro atoms. The number of hydrogen-bond donors (Lipinski definition) is 0. The van der Waals surface area contributed by atoms with E-state index in [0.717, 1.165) is 39.1 Å². The van der Waals surface area contributed by atoms with E-state index in [2.05, 4.69) is 34.6 Å². The van der Waals surface area contributed by atoms with Gasteiger partial charge in [-0.05, 0) is 96.8 Å². The standard InChI is InChI=1S/C28H26F2O4/c1-16-5-6-19(13-22(16)20-11-17(2)26(32-4)18(3)12-20)14-25(31)27(9-10-27)21-7-8-23-24(15-21)34-28(29,30)33-23/h5-8,11-13,15H,9-10,14H2,1-4H3. The van der Waals surface area contributed by atoms with Crippen LogP contribution in [-0.4, -0.2) is 19.2 Å². The number of ether oxygens (including phenoxy) is 3. The lowest BCUT2D eigenvalue weighted by molar-refractivity contribution is -0.286. The fraction of sp³-hybridized carbons (Fsp3) is 0.321. The first-order valence-electron chi connectivity index (χ1n) is 11.3. The zero-order valence-electron chi connectivity index (χ0n) is 19.6. The normalized spacial score (nSPS) is 16.9. The van der Waals surface area contributed by atoms with Crippen LogP contribution < -0.4 is 14.2 Å². The van der Waals surface area contributed by atoms with Crippen LogP contribution >= 0.6 is 0 Å². The molecule has 0 unspecified atom stereocenters. The summed E-state index contributed by atoms with van der Waals surface area (Å²) in [7, 11) is 1.67. The average Bonchev–Trinajstić information content (AvgIpc) is 3.52. The molecule has 2 aliphatic rings. The SMILES string of the molecule is COc1c(C)cc(-c2cc(CC(=O)C3(c4ccc5c(c4)OC(F)(F)O5)CC3)ccc2C)cc1C. The van der Waals surface area contributed by atoms with Crippen molar-refractivity contribution in [2.24, 2.45) is 0 Å². The number of aryl methyl sites for hydroxylation is 3. The fourth-order valence-corrected chi connectivity index (χ4v) is 4.97. The summed E-state index contributed by atoms with van der Waals surface area (Å²) >= 11 is 0. The van der Waals surface area contributed by atoms with Crippen LogP contribution in [0.5, 0.6) is 17.2 Å². The highest BCUT2D eigenvalue weighted by Gasteiger charge is 2.52. The Labute approximate surface area is 197 Å². The third-order valence-corrected chi connectivity index (χ3v) is 6.88. The van der Waals surface area contributed by atoms with Crippen LogP contribution in [0, 0.1) is 20.8 Å². The molecule has 1 heterocycles. The molecule has 1 saturated carbocycles. The van der Waals surface area contributed by atoms with E-state index in [1.54, 1.807) is 13.2 Å². The molecule has 5 rings (SSSR count). The number of fused-ring (bicyclic) bond motifs is 1.